The molecule has 1 aromatic heterocycles. The average Bonchev–Trinajstić information content (AvgIpc) is 3.60. The molecule has 10 heteroatoms. The van der Waals surface area contributed by atoms with Crippen molar-refractivity contribution in [2.24, 2.45) is 0 Å². The Morgan fingerprint density at radius 3 is 2.63 bits per heavy atom. The summed E-state index contributed by atoms with van der Waals surface area (Å²) in [6.45, 7) is 7.02. The Balaban J connectivity index is 1.49. The van der Waals surface area contributed by atoms with Crippen molar-refractivity contribution in [3.8, 4) is 6.01 Å². The van der Waals surface area contributed by atoms with Gasteiger partial charge >= 0.3 is 6.09 Å². The second-order valence-corrected chi connectivity index (χ2v) is 9.29. The maximum Gasteiger partial charge on any atom is 0.407 e. The van der Waals surface area contributed by atoms with Gasteiger partial charge in [-0.1, -0.05) is 30.3 Å². The van der Waals surface area contributed by atoms with Crippen LogP contribution in [0.25, 0.3) is 0 Å². The van der Waals surface area contributed by atoms with Crippen molar-refractivity contribution in [3.05, 3.63) is 47.8 Å². The van der Waals surface area contributed by atoms with E-state index in [0.717, 1.165) is 18.4 Å². The highest BCUT2D eigenvalue weighted by Gasteiger charge is 2.42. The van der Waals surface area contributed by atoms with E-state index in [-0.39, 0.29) is 50.5 Å². The van der Waals surface area contributed by atoms with Crippen LogP contribution >= 0.6 is 0 Å². The number of imidazole rings is 1. The minimum atomic E-state index is -1.04. The molecular weight excluding hydrogens is 452 g/mol. The van der Waals surface area contributed by atoms with Gasteiger partial charge in [0.15, 0.2) is 6.10 Å². The smallest absolute Gasteiger partial charge is 0.407 e. The lowest BCUT2D eigenvalue weighted by atomic mass is 10.1. The number of hydrogen-bond acceptors (Lipinski definition) is 6. The Labute approximate surface area is 205 Å². The summed E-state index contributed by atoms with van der Waals surface area (Å²) in [4.78, 5) is 32.6. The maximum absolute atomic E-state index is 13.5. The van der Waals surface area contributed by atoms with Crippen LogP contribution in [0.1, 0.15) is 50.9 Å². The van der Waals surface area contributed by atoms with Crippen molar-refractivity contribution in [3.63, 3.8) is 0 Å². The van der Waals surface area contributed by atoms with Crippen molar-refractivity contribution in [2.75, 3.05) is 19.7 Å². The van der Waals surface area contributed by atoms with Gasteiger partial charge in [-0.3, -0.25) is 9.36 Å². The third-order valence-electron chi connectivity index (χ3n) is 6.09. The number of carbonyl (C=O) groups is 2. The molecule has 10 nitrogen and oxygen atoms in total. The molecule has 1 aliphatic carbocycles. The molecule has 2 aliphatic rings. The zero-order chi connectivity index (χ0) is 24.9. The van der Waals surface area contributed by atoms with E-state index in [4.69, 9.17) is 19.2 Å². The molecule has 1 aliphatic heterocycles. The highest BCUT2D eigenvalue weighted by Crippen LogP contribution is 2.36. The normalized spacial score (nSPS) is 19.0. The molecule has 4 rings (SSSR count). The molecule has 0 bridgehead atoms. The Kier molecular flexibility index (Phi) is 7.92. The average molecular weight is 487 g/mol. The number of hydrogen-bond donors (Lipinski definition) is 1. The van der Waals surface area contributed by atoms with E-state index in [1.165, 1.54) is 4.90 Å². The van der Waals surface area contributed by atoms with Gasteiger partial charge in [0.2, 0.25) is 0 Å². The fourth-order valence-electron chi connectivity index (χ4n) is 4.17. The van der Waals surface area contributed by atoms with Gasteiger partial charge in [-0.25, -0.2) is 4.79 Å². The minimum Gasteiger partial charge on any atom is -0.465 e. The van der Waals surface area contributed by atoms with Gasteiger partial charge in [0.1, 0.15) is 6.73 Å². The molecule has 1 saturated heterocycles. The van der Waals surface area contributed by atoms with Crippen LogP contribution in [0.15, 0.2) is 36.5 Å². The molecule has 2 heterocycles. The standard InChI is InChI=1S/C25H34N4O6/c1-17(2)35-24-26-21(13-28(24)16-33-15-19-7-5-4-6-8-19)18(3)29(20-9-10-20)23(30)22-14-27(25(31)32)11-12-34-22/h4-8,13,17-18,20,22H,9-12,14-16H2,1-3H3,(H,31,32)/t18-,22-/m1/s1. The molecule has 2 amide bonds. The third kappa shape index (κ3) is 6.32. The summed E-state index contributed by atoms with van der Waals surface area (Å²) >= 11 is 0. The van der Waals surface area contributed by atoms with Gasteiger partial charge in [-0.15, -0.1) is 0 Å². The summed E-state index contributed by atoms with van der Waals surface area (Å²) in [5, 5.41) is 9.34. The monoisotopic (exact) mass is 486 g/mol. The number of ether oxygens (including phenoxy) is 3. The number of aromatic nitrogens is 2. The van der Waals surface area contributed by atoms with Crippen LogP contribution in [0.3, 0.4) is 0 Å². The lowest BCUT2D eigenvalue weighted by Crippen LogP contribution is -2.53. The van der Waals surface area contributed by atoms with Gasteiger partial charge in [0.05, 0.1) is 37.6 Å². The molecule has 0 radical (unpaired) electrons. The van der Waals surface area contributed by atoms with Crippen LogP contribution in [0.2, 0.25) is 0 Å². The molecule has 2 fully saturated rings. The fraction of sp³-hybridized carbons (Fsp3) is 0.560. The van der Waals surface area contributed by atoms with Gasteiger partial charge in [-0.2, -0.15) is 4.98 Å². The van der Waals surface area contributed by atoms with Gasteiger partial charge < -0.3 is 29.1 Å². The summed E-state index contributed by atoms with van der Waals surface area (Å²) in [6, 6.07) is 10.1. The Morgan fingerprint density at radius 2 is 1.97 bits per heavy atom. The summed E-state index contributed by atoms with van der Waals surface area (Å²) in [5.74, 6) is -0.202. The maximum atomic E-state index is 13.5. The third-order valence-corrected chi connectivity index (χ3v) is 6.09. The summed E-state index contributed by atoms with van der Waals surface area (Å²) in [5.41, 5.74) is 1.76. The Hall–Kier alpha value is -3.11. The zero-order valence-electron chi connectivity index (χ0n) is 20.5. The first-order valence-electron chi connectivity index (χ1n) is 12.1. The fourth-order valence-corrected chi connectivity index (χ4v) is 4.17. The first-order valence-corrected chi connectivity index (χ1v) is 12.1. The number of rotatable bonds is 10. The van der Waals surface area contributed by atoms with Gasteiger partial charge in [0, 0.05) is 18.8 Å². The molecule has 1 saturated carbocycles. The summed E-state index contributed by atoms with van der Waals surface area (Å²) in [6.07, 6.45) is 1.74. The lowest BCUT2D eigenvalue weighted by molar-refractivity contribution is -0.151. The van der Waals surface area contributed by atoms with Crippen molar-refractivity contribution >= 4 is 12.0 Å². The Morgan fingerprint density at radius 1 is 1.23 bits per heavy atom. The molecule has 1 N–H and O–H groups in total. The summed E-state index contributed by atoms with van der Waals surface area (Å²) in [7, 11) is 0. The van der Waals surface area contributed by atoms with E-state index >= 15 is 0 Å². The van der Waals surface area contributed by atoms with E-state index in [0.29, 0.717) is 18.3 Å². The SMILES string of the molecule is CC(C)Oc1nc([C@@H](C)N(C(=O)[C@H]2CN(C(=O)O)CCO2)C2CC2)cn1COCc1ccccc1. The quantitative estimate of drug-likeness (QED) is 0.549. The predicted molar refractivity (Wildman–Crippen MR) is 127 cm³/mol. The highest BCUT2D eigenvalue weighted by molar-refractivity contribution is 5.83. The van der Waals surface area contributed by atoms with Crippen molar-refractivity contribution in [1.82, 2.24) is 19.4 Å². The predicted octanol–water partition coefficient (Wildman–Crippen LogP) is 3.28. The minimum absolute atomic E-state index is 0.0353. The molecule has 35 heavy (non-hydrogen) atoms. The Bertz CT molecular complexity index is 1010. The zero-order valence-corrected chi connectivity index (χ0v) is 20.5. The number of benzene rings is 1. The first-order chi connectivity index (χ1) is 16.8. The number of carboxylic acid groups (broad SMARTS) is 1. The van der Waals surface area contributed by atoms with Crippen molar-refractivity contribution in [1.29, 1.82) is 0 Å². The molecule has 190 valence electrons. The molecule has 1 aromatic carbocycles. The number of morpholine rings is 1. The molecule has 0 spiro atoms. The van der Waals surface area contributed by atoms with Crippen LogP contribution in [0, 0.1) is 0 Å². The lowest BCUT2D eigenvalue weighted by Gasteiger charge is -2.36. The molecule has 2 atom stereocenters. The number of carbonyl (C=O) groups excluding carboxylic acids is 1. The van der Waals surface area contributed by atoms with Crippen LogP contribution in [-0.4, -0.2) is 74.4 Å². The van der Waals surface area contributed by atoms with Crippen LogP contribution in [0.5, 0.6) is 6.01 Å². The number of nitrogens with zero attached hydrogens (tertiary/aromatic N) is 4. The van der Waals surface area contributed by atoms with Crippen molar-refractivity contribution in [2.45, 2.75) is 71.2 Å². The topological polar surface area (TPSA) is 106 Å². The van der Waals surface area contributed by atoms with E-state index in [1.54, 1.807) is 4.90 Å². The second kappa shape index (κ2) is 11.1. The highest BCUT2D eigenvalue weighted by atomic mass is 16.5. The van der Waals surface area contributed by atoms with E-state index in [1.807, 2.05) is 61.9 Å². The van der Waals surface area contributed by atoms with E-state index < -0.39 is 12.2 Å². The molecule has 0 unspecified atom stereocenters. The van der Waals surface area contributed by atoms with Crippen LogP contribution < -0.4 is 4.74 Å². The first kappa shape index (κ1) is 25.0. The summed E-state index contributed by atoms with van der Waals surface area (Å²) < 4.78 is 19.3. The van der Waals surface area contributed by atoms with Crippen LogP contribution in [0.4, 0.5) is 4.79 Å². The van der Waals surface area contributed by atoms with Gasteiger partial charge in [0.25, 0.3) is 11.9 Å². The molecular formula is C25H34N4O6. The van der Waals surface area contributed by atoms with Gasteiger partial charge in [-0.05, 0) is 39.2 Å². The van der Waals surface area contributed by atoms with E-state index in [2.05, 4.69) is 0 Å². The van der Waals surface area contributed by atoms with Crippen molar-refractivity contribution < 1.29 is 28.9 Å². The van der Waals surface area contributed by atoms with E-state index in [9.17, 15) is 14.7 Å². The second-order valence-electron chi connectivity index (χ2n) is 9.29. The number of amides is 2. The van der Waals surface area contributed by atoms with Crippen LogP contribution in [-0.2, 0) is 27.6 Å². The largest absolute Gasteiger partial charge is 0.465 e. The molecule has 2 aromatic rings.